The molecule has 0 aromatic heterocycles. The minimum absolute atomic E-state index is 0.189. The number of nitrogens with two attached hydrogens (primary N) is 1. The van der Waals surface area contributed by atoms with Gasteiger partial charge in [0.05, 0.1) is 18.9 Å². The summed E-state index contributed by atoms with van der Waals surface area (Å²) in [6.07, 6.45) is -8.16. The molecule has 30 heteroatoms. The summed E-state index contributed by atoms with van der Waals surface area (Å²) in [6, 6.07) is -10.0. The Hall–Kier alpha value is -8.44. The first-order valence-electron chi connectivity index (χ1n) is 22.1. The maximum Gasteiger partial charge on any atom is 0.326 e. The van der Waals surface area contributed by atoms with Gasteiger partial charge in [-0.05, 0) is 49.3 Å². The van der Waals surface area contributed by atoms with Gasteiger partial charge in [0.2, 0.25) is 41.4 Å². The summed E-state index contributed by atoms with van der Waals surface area (Å²) in [5, 5.41) is 90.6. The quantitative estimate of drug-likeness (QED) is 0.0317. The molecule has 1 aromatic rings. The van der Waals surface area contributed by atoms with Crippen molar-refractivity contribution >= 4 is 83.1 Å². The minimum atomic E-state index is -2.20. The molecule has 7 amide bonds. The van der Waals surface area contributed by atoms with Crippen LogP contribution in [0.2, 0.25) is 0 Å². The predicted molar refractivity (Wildman–Crippen MR) is 242 cm³/mol. The topological polar surface area (TPSA) is 511 Å². The molecule has 0 saturated carbocycles. The summed E-state index contributed by atoms with van der Waals surface area (Å²) < 4.78 is 0. The molecule has 0 aliphatic heterocycles. The Morgan fingerprint density at radius 2 is 0.726 bits per heavy atom. The van der Waals surface area contributed by atoms with E-state index < -0.39 is 208 Å². The number of rotatable bonds is 34. The summed E-state index contributed by atoms with van der Waals surface area (Å²) in [5.74, 6) is -22.3. The lowest BCUT2D eigenvalue weighted by Gasteiger charge is -2.30. The predicted octanol–water partition coefficient (Wildman–Crippen LogP) is -3.63. The van der Waals surface area contributed by atoms with E-state index in [0.717, 1.165) is 0 Å². The van der Waals surface area contributed by atoms with E-state index in [2.05, 4.69) is 26.6 Å². The Bertz CT molecular complexity index is 2220. The van der Waals surface area contributed by atoms with Crippen LogP contribution in [-0.2, 0) is 67.1 Å². The first-order chi connectivity index (χ1) is 33.9. The number of hydrogen-bond donors (Lipinski definition) is 16. The van der Waals surface area contributed by atoms with Crippen LogP contribution in [0.25, 0.3) is 0 Å². The van der Waals surface area contributed by atoms with Gasteiger partial charge >= 0.3 is 41.8 Å². The average Bonchev–Trinajstić information content (AvgIpc) is 3.28. The molecule has 1 aromatic carbocycles. The highest BCUT2D eigenvalue weighted by Gasteiger charge is 2.38. The zero-order valence-corrected chi connectivity index (χ0v) is 39.5. The van der Waals surface area contributed by atoms with E-state index in [9.17, 15) is 103 Å². The maximum atomic E-state index is 14.3. The standard InChI is InChI=1S/C43H60N8O22/c1-18(2)34(43(72)73)50-38(67)24(10-14-30(57)58)45-37(66)23(9-13-29(55)56)47-42(71)35(19(3)20-4-6-21(52)7-5-20)51-39(68)25(11-15-31(59)60)46-40(69)27(17-33(63)64)49-41(70)26(16-32(61)62)48-36(65)22(44)8-12-28(53)54/h4-7,18-19,22-27,34-35,52H,8-17,44H2,1-3H3,(H,45,66)(H,46,69)(H,47,71)(H,48,65)(H,49,70)(H,50,67)(H,51,68)(H,53,54)(H,55,56)(H,57,58)(H,59,60)(H,61,62)(H,63,64)(H,72,73)/t19?,22-,23-,24-,25-,26-,27-,34-,35-/m0/s1. The van der Waals surface area contributed by atoms with Crippen LogP contribution < -0.4 is 43.0 Å². The SMILES string of the molecule is CC(C)[C@H](NC(=O)[C@H](CCC(=O)O)NC(=O)[C@H](CCC(=O)O)NC(=O)[C@@H](NC(=O)[C@H](CCC(=O)O)NC(=O)[C@H](CC(=O)O)NC(=O)[C@H](CC(=O)O)NC(=O)[C@@H](N)CCC(=O)O)C(C)c1ccc(O)cc1)C(=O)O. The van der Waals surface area contributed by atoms with Crippen molar-refractivity contribution in [2.45, 2.75) is 139 Å². The summed E-state index contributed by atoms with van der Waals surface area (Å²) in [4.78, 5) is 176. The number of nitrogens with one attached hydrogen (secondary N) is 7. The van der Waals surface area contributed by atoms with Crippen molar-refractivity contribution in [1.82, 2.24) is 37.2 Å². The molecule has 0 heterocycles. The fourth-order valence-corrected chi connectivity index (χ4v) is 6.55. The van der Waals surface area contributed by atoms with Crippen LogP contribution in [-0.4, -0.2) is 172 Å². The van der Waals surface area contributed by atoms with E-state index in [-0.39, 0.29) is 11.3 Å². The molecule has 0 radical (unpaired) electrons. The molecule has 404 valence electrons. The van der Waals surface area contributed by atoms with Gasteiger partial charge < -0.3 is 83.8 Å². The number of carbonyl (C=O) groups excluding carboxylic acids is 7. The number of phenolic OH excluding ortho intramolecular Hbond substituents is 1. The number of carbonyl (C=O) groups is 14. The van der Waals surface area contributed by atoms with Gasteiger partial charge in [-0.25, -0.2) is 4.79 Å². The number of carboxylic acids is 7. The number of amides is 7. The molecule has 1 rings (SSSR count). The largest absolute Gasteiger partial charge is 0.508 e. The third-order valence-electron chi connectivity index (χ3n) is 10.6. The van der Waals surface area contributed by atoms with Gasteiger partial charge in [0.25, 0.3) is 0 Å². The summed E-state index contributed by atoms with van der Waals surface area (Å²) in [5.41, 5.74) is 5.83. The van der Waals surface area contributed by atoms with Crippen LogP contribution in [0.15, 0.2) is 24.3 Å². The summed E-state index contributed by atoms with van der Waals surface area (Å²) >= 11 is 0. The molecular formula is C43H60N8O22. The van der Waals surface area contributed by atoms with Gasteiger partial charge in [-0.2, -0.15) is 0 Å². The molecule has 9 atom stereocenters. The lowest BCUT2D eigenvalue weighted by molar-refractivity contribution is -0.144. The zero-order chi connectivity index (χ0) is 55.9. The van der Waals surface area contributed by atoms with Crippen LogP contribution in [0.5, 0.6) is 5.75 Å². The maximum absolute atomic E-state index is 14.3. The molecule has 0 saturated heterocycles. The van der Waals surface area contributed by atoms with Gasteiger partial charge in [0.1, 0.15) is 48.0 Å². The Kier molecular flexibility index (Phi) is 26.0. The lowest BCUT2D eigenvalue weighted by Crippen LogP contribution is -2.61. The van der Waals surface area contributed by atoms with Crippen molar-refractivity contribution in [3.8, 4) is 5.75 Å². The second-order valence-corrected chi connectivity index (χ2v) is 16.8. The van der Waals surface area contributed by atoms with Crippen molar-refractivity contribution in [1.29, 1.82) is 0 Å². The normalized spacial score (nSPS) is 14.6. The summed E-state index contributed by atoms with van der Waals surface area (Å²) in [7, 11) is 0. The molecule has 0 fully saturated rings. The summed E-state index contributed by atoms with van der Waals surface area (Å²) in [6.45, 7) is 4.21. The molecule has 0 bridgehead atoms. The molecule has 30 nitrogen and oxygen atoms in total. The molecule has 0 spiro atoms. The van der Waals surface area contributed by atoms with Crippen molar-refractivity contribution in [2.24, 2.45) is 11.7 Å². The highest BCUT2D eigenvalue weighted by molar-refractivity contribution is 5.99. The molecule has 1 unspecified atom stereocenters. The fourth-order valence-electron chi connectivity index (χ4n) is 6.55. The Morgan fingerprint density at radius 1 is 0.411 bits per heavy atom. The van der Waals surface area contributed by atoms with Crippen molar-refractivity contribution in [2.75, 3.05) is 0 Å². The number of carboxylic acid groups (broad SMARTS) is 7. The number of phenols is 1. The first-order valence-corrected chi connectivity index (χ1v) is 22.1. The van der Waals surface area contributed by atoms with E-state index in [1.165, 1.54) is 45.0 Å². The number of hydrogen-bond acceptors (Lipinski definition) is 16. The molecule has 17 N–H and O–H groups in total. The van der Waals surface area contributed by atoms with E-state index in [1.807, 2.05) is 10.6 Å². The zero-order valence-electron chi connectivity index (χ0n) is 39.5. The highest BCUT2D eigenvalue weighted by Crippen LogP contribution is 2.23. The van der Waals surface area contributed by atoms with Crippen LogP contribution in [0.1, 0.15) is 96.5 Å². The van der Waals surface area contributed by atoms with E-state index >= 15 is 0 Å². The third kappa shape index (κ3) is 23.4. The molecule has 0 aliphatic carbocycles. The van der Waals surface area contributed by atoms with E-state index in [1.54, 1.807) is 0 Å². The van der Waals surface area contributed by atoms with Gasteiger partial charge in [0.15, 0.2) is 0 Å². The number of benzene rings is 1. The minimum Gasteiger partial charge on any atom is -0.508 e. The lowest BCUT2D eigenvalue weighted by atomic mass is 9.91. The van der Waals surface area contributed by atoms with Crippen molar-refractivity contribution in [3.63, 3.8) is 0 Å². The van der Waals surface area contributed by atoms with Crippen molar-refractivity contribution < 1.29 is 108 Å². The van der Waals surface area contributed by atoms with Crippen LogP contribution in [0, 0.1) is 5.92 Å². The van der Waals surface area contributed by atoms with Gasteiger partial charge in [0, 0.05) is 31.6 Å². The first kappa shape index (κ1) is 62.6. The highest BCUT2D eigenvalue weighted by atomic mass is 16.4. The smallest absolute Gasteiger partial charge is 0.326 e. The molecular weight excluding hydrogens is 981 g/mol. The molecule has 0 aliphatic rings. The number of aliphatic carboxylic acids is 7. The Labute approximate surface area is 414 Å². The average molecular weight is 1040 g/mol. The third-order valence-corrected chi connectivity index (χ3v) is 10.6. The molecule has 73 heavy (non-hydrogen) atoms. The van der Waals surface area contributed by atoms with E-state index in [0.29, 0.717) is 0 Å². The van der Waals surface area contributed by atoms with Crippen LogP contribution in [0.4, 0.5) is 0 Å². The van der Waals surface area contributed by atoms with E-state index in [4.69, 9.17) is 10.8 Å². The fraction of sp³-hybridized carbons (Fsp3) is 0.535. The Balaban J connectivity index is 3.74. The van der Waals surface area contributed by atoms with Crippen LogP contribution in [0.3, 0.4) is 0 Å². The Morgan fingerprint density at radius 3 is 1.08 bits per heavy atom. The second kappa shape index (κ2) is 30.3. The van der Waals surface area contributed by atoms with Gasteiger partial charge in [-0.3, -0.25) is 62.3 Å². The monoisotopic (exact) mass is 1040 g/mol. The van der Waals surface area contributed by atoms with Crippen LogP contribution >= 0.6 is 0 Å². The van der Waals surface area contributed by atoms with Gasteiger partial charge in [-0.1, -0.05) is 32.9 Å². The van der Waals surface area contributed by atoms with Crippen molar-refractivity contribution in [3.05, 3.63) is 29.8 Å². The second-order valence-electron chi connectivity index (χ2n) is 16.8. The number of aromatic hydroxyl groups is 1. The van der Waals surface area contributed by atoms with Gasteiger partial charge in [-0.15, -0.1) is 0 Å².